The summed E-state index contributed by atoms with van der Waals surface area (Å²) in [5.74, 6) is 0.695. The molecule has 1 aromatic rings. The molecule has 8 nitrogen and oxygen atoms in total. The van der Waals surface area contributed by atoms with Gasteiger partial charge in [-0.1, -0.05) is 13.2 Å². The van der Waals surface area contributed by atoms with Gasteiger partial charge >= 0.3 is 5.54 Å². The standard InChI is InChI=1S/C14H16N6O2/c1-7-9(4-10(22)14(7,5-21)16-3)20-6-17-11-8(2)18-13(15)19-12(11)20/h6,9-10,21-22H,1-2,4-5H2,(H3,15,18,19)/t9-,10-,14+/m0/s1. The summed E-state index contributed by atoms with van der Waals surface area (Å²) in [6.45, 7) is 14.6. The maximum absolute atomic E-state index is 10.2. The van der Waals surface area contributed by atoms with Gasteiger partial charge in [-0.05, 0) is 0 Å². The monoisotopic (exact) mass is 300 g/mol. The van der Waals surface area contributed by atoms with Crippen LogP contribution in [0, 0.1) is 6.57 Å². The molecule has 5 N–H and O–H groups in total. The summed E-state index contributed by atoms with van der Waals surface area (Å²) in [5, 5.41) is 22.6. The summed E-state index contributed by atoms with van der Waals surface area (Å²) in [6, 6.07) is -0.394. The molecule has 0 radical (unpaired) electrons. The molecule has 1 aromatic heterocycles. The fourth-order valence-corrected chi connectivity index (χ4v) is 2.98. The number of imidazole rings is 1. The number of nitrogens with two attached hydrogens (primary N) is 1. The lowest BCUT2D eigenvalue weighted by Gasteiger charge is -2.21. The predicted octanol–water partition coefficient (Wildman–Crippen LogP) is -0.0845. The Bertz CT molecular complexity index is 743. The van der Waals surface area contributed by atoms with Crippen molar-refractivity contribution >= 4 is 17.5 Å². The highest BCUT2D eigenvalue weighted by Crippen LogP contribution is 2.46. The second kappa shape index (κ2) is 4.69. The van der Waals surface area contributed by atoms with Gasteiger partial charge in [0, 0.05) is 12.0 Å². The van der Waals surface area contributed by atoms with Crippen LogP contribution in [0.25, 0.3) is 10.5 Å². The molecule has 0 aromatic carbocycles. The van der Waals surface area contributed by atoms with E-state index in [9.17, 15) is 10.2 Å². The molecule has 8 heteroatoms. The second-order valence-electron chi connectivity index (χ2n) is 5.41. The number of guanidine groups is 1. The Kier molecular flexibility index (Phi) is 3.05. The number of nitrogens with one attached hydrogen (secondary N) is 1. The minimum Gasteiger partial charge on any atom is -0.387 e. The van der Waals surface area contributed by atoms with Gasteiger partial charge in [0.05, 0.1) is 18.1 Å². The third kappa shape index (κ3) is 1.70. The largest absolute Gasteiger partial charge is 0.387 e. The number of fused-ring (bicyclic) bond motifs is 1. The Labute approximate surface area is 127 Å². The number of hydrogen-bond donors (Lipinski definition) is 4. The van der Waals surface area contributed by atoms with Crippen molar-refractivity contribution in [3.63, 3.8) is 0 Å². The van der Waals surface area contributed by atoms with Gasteiger partial charge in [-0.15, -0.1) is 0 Å². The Balaban J connectivity index is 2.07. The quantitative estimate of drug-likeness (QED) is 0.450. The summed E-state index contributed by atoms with van der Waals surface area (Å²) in [6.07, 6.45) is 0.802. The molecule has 0 bridgehead atoms. The summed E-state index contributed by atoms with van der Waals surface area (Å²) < 4.78 is 1.71. The van der Waals surface area contributed by atoms with Crippen LogP contribution in [0.5, 0.6) is 0 Å². The third-order valence-corrected chi connectivity index (χ3v) is 4.29. The average Bonchev–Trinajstić information content (AvgIpc) is 2.99. The van der Waals surface area contributed by atoms with Crippen LogP contribution in [0.2, 0.25) is 0 Å². The van der Waals surface area contributed by atoms with Crippen LogP contribution in [0.3, 0.4) is 0 Å². The molecular formula is C14H16N6O2. The summed E-state index contributed by atoms with van der Waals surface area (Å²) in [4.78, 5) is 11.9. The number of rotatable bonds is 2. The molecule has 3 rings (SSSR count). The summed E-state index contributed by atoms with van der Waals surface area (Å²) in [7, 11) is 0. The highest BCUT2D eigenvalue weighted by atomic mass is 16.3. The van der Waals surface area contributed by atoms with Crippen LogP contribution in [0.4, 0.5) is 5.82 Å². The van der Waals surface area contributed by atoms with Crippen molar-refractivity contribution in [2.45, 2.75) is 24.1 Å². The number of nitrogens with zero attached hydrogens (tertiary/aromatic N) is 4. The molecule has 2 aliphatic rings. The number of hydrogen-bond acceptors (Lipinski definition) is 6. The van der Waals surface area contributed by atoms with Crippen molar-refractivity contribution in [3.8, 4) is 0 Å². The Morgan fingerprint density at radius 2 is 2.32 bits per heavy atom. The zero-order valence-corrected chi connectivity index (χ0v) is 11.8. The maximum Gasteiger partial charge on any atom is 0.303 e. The Morgan fingerprint density at radius 3 is 2.91 bits per heavy atom. The first kappa shape index (κ1) is 14.3. The minimum atomic E-state index is -1.39. The number of aromatic nitrogens is 2. The van der Waals surface area contributed by atoms with Crippen LogP contribution in [-0.4, -0.2) is 44.0 Å². The lowest BCUT2D eigenvalue weighted by Crippen LogP contribution is -2.39. The molecule has 3 atom stereocenters. The van der Waals surface area contributed by atoms with Gasteiger partial charge in [0.1, 0.15) is 18.4 Å². The molecule has 1 saturated carbocycles. The van der Waals surface area contributed by atoms with Gasteiger partial charge in [0.25, 0.3) is 0 Å². The smallest absolute Gasteiger partial charge is 0.303 e. The summed E-state index contributed by atoms with van der Waals surface area (Å²) >= 11 is 0. The normalized spacial score (nSPS) is 30.5. The van der Waals surface area contributed by atoms with Gasteiger partial charge < -0.3 is 25.8 Å². The van der Waals surface area contributed by atoms with E-state index >= 15 is 0 Å². The van der Waals surface area contributed by atoms with Crippen molar-refractivity contribution in [1.82, 2.24) is 14.9 Å². The third-order valence-electron chi connectivity index (χ3n) is 4.29. The zero-order valence-electron chi connectivity index (χ0n) is 11.8. The molecule has 0 saturated heterocycles. The van der Waals surface area contributed by atoms with E-state index in [0.29, 0.717) is 22.8 Å². The van der Waals surface area contributed by atoms with Gasteiger partial charge in [-0.3, -0.25) is 4.85 Å². The Hall–Kier alpha value is -2.63. The van der Waals surface area contributed by atoms with Crippen molar-refractivity contribution in [2.75, 3.05) is 6.61 Å². The number of aliphatic imine (C=N–C) groups is 1. The molecule has 0 amide bonds. The predicted molar refractivity (Wildman–Crippen MR) is 80.9 cm³/mol. The SMILES string of the molecule is [C-]#[N+][C@]1(CO)C(=C)[C@@H](n2cnc3c2N=C(N)NC3=C)C[C@@H]1O. The van der Waals surface area contributed by atoms with E-state index in [2.05, 4.69) is 33.3 Å². The first-order valence-electron chi connectivity index (χ1n) is 6.68. The van der Waals surface area contributed by atoms with Crippen molar-refractivity contribution in [1.29, 1.82) is 0 Å². The van der Waals surface area contributed by atoms with Crippen LogP contribution in [0.15, 0.2) is 30.1 Å². The molecule has 1 aliphatic carbocycles. The van der Waals surface area contributed by atoms with Crippen LogP contribution in [-0.2, 0) is 0 Å². The topological polar surface area (TPSA) is 113 Å². The van der Waals surface area contributed by atoms with Gasteiger partial charge in [0.2, 0.25) is 0 Å². The molecule has 0 spiro atoms. The first-order chi connectivity index (χ1) is 10.4. The van der Waals surface area contributed by atoms with Gasteiger partial charge in [0.15, 0.2) is 11.8 Å². The van der Waals surface area contributed by atoms with Crippen LogP contribution < -0.4 is 11.1 Å². The number of aliphatic hydroxyl groups excluding tert-OH is 2. The second-order valence-corrected chi connectivity index (χ2v) is 5.41. The average molecular weight is 300 g/mol. The lowest BCUT2D eigenvalue weighted by atomic mass is 9.93. The van der Waals surface area contributed by atoms with Crippen molar-refractivity contribution in [2.24, 2.45) is 10.7 Å². The minimum absolute atomic E-state index is 0.196. The lowest BCUT2D eigenvalue weighted by molar-refractivity contribution is 0.0989. The maximum atomic E-state index is 10.2. The van der Waals surface area contributed by atoms with Gasteiger partial charge in [-0.2, -0.15) is 4.99 Å². The van der Waals surface area contributed by atoms with E-state index < -0.39 is 24.3 Å². The van der Waals surface area contributed by atoms with E-state index in [1.54, 1.807) is 10.9 Å². The molecule has 1 fully saturated rings. The van der Waals surface area contributed by atoms with Crippen LogP contribution in [0.1, 0.15) is 18.2 Å². The zero-order chi connectivity index (χ0) is 16.1. The van der Waals surface area contributed by atoms with Crippen molar-refractivity contribution in [3.05, 3.63) is 42.2 Å². The number of aliphatic hydroxyl groups is 2. The van der Waals surface area contributed by atoms with E-state index in [4.69, 9.17) is 12.3 Å². The first-order valence-corrected chi connectivity index (χ1v) is 6.68. The summed E-state index contributed by atoms with van der Waals surface area (Å²) in [5.41, 5.74) is 5.85. The molecule has 22 heavy (non-hydrogen) atoms. The van der Waals surface area contributed by atoms with E-state index in [0.717, 1.165) is 0 Å². The van der Waals surface area contributed by atoms with Crippen molar-refractivity contribution < 1.29 is 10.2 Å². The van der Waals surface area contributed by atoms with E-state index in [1.807, 2.05) is 0 Å². The molecular weight excluding hydrogens is 284 g/mol. The molecule has 2 heterocycles. The highest BCUT2D eigenvalue weighted by molar-refractivity contribution is 5.93. The highest BCUT2D eigenvalue weighted by Gasteiger charge is 2.57. The fourth-order valence-electron chi connectivity index (χ4n) is 2.98. The van der Waals surface area contributed by atoms with Gasteiger partial charge in [-0.25, -0.2) is 11.6 Å². The molecule has 114 valence electrons. The molecule has 0 unspecified atom stereocenters. The fraction of sp³-hybridized carbons (Fsp3) is 0.357. The van der Waals surface area contributed by atoms with E-state index in [1.165, 1.54) is 0 Å². The Morgan fingerprint density at radius 1 is 1.59 bits per heavy atom. The van der Waals surface area contributed by atoms with E-state index in [-0.39, 0.29) is 12.4 Å². The molecule has 1 aliphatic heterocycles. The van der Waals surface area contributed by atoms with Crippen LogP contribution >= 0.6 is 0 Å².